The molecule has 1 aromatic carbocycles. The second-order valence-electron chi connectivity index (χ2n) is 6.08. The molecule has 20 heavy (non-hydrogen) atoms. The van der Waals surface area contributed by atoms with Gasteiger partial charge in [-0.25, -0.2) is 0 Å². The molecule has 1 aromatic heterocycles. The van der Waals surface area contributed by atoms with E-state index in [1.807, 2.05) is 48.7 Å². The van der Waals surface area contributed by atoms with E-state index in [2.05, 4.69) is 24.1 Å². The minimum Gasteiger partial charge on any atom is -0.385 e. The van der Waals surface area contributed by atoms with Gasteiger partial charge < -0.3 is 10.4 Å². The number of anilines is 1. The largest absolute Gasteiger partial charge is 0.385 e. The van der Waals surface area contributed by atoms with Crippen LogP contribution in [0.1, 0.15) is 37.9 Å². The van der Waals surface area contributed by atoms with Crippen molar-refractivity contribution < 1.29 is 5.11 Å². The molecule has 0 radical (unpaired) electrons. The molecule has 0 saturated heterocycles. The van der Waals surface area contributed by atoms with Gasteiger partial charge in [-0.3, -0.25) is 4.98 Å². The standard InChI is InChI=1S/C17H20N2O/c1-16(2,15-8-3-4-11-18-15)19-14-7-5-6-13(12-14)17(20)9-10-17/h3-8,11-12,19-20H,9-10H2,1-2H3. The molecule has 0 aliphatic heterocycles. The lowest BCUT2D eigenvalue weighted by Gasteiger charge is -2.27. The van der Waals surface area contributed by atoms with Gasteiger partial charge in [-0.2, -0.15) is 0 Å². The lowest BCUT2D eigenvalue weighted by Crippen LogP contribution is -2.29. The minimum atomic E-state index is -0.590. The SMILES string of the molecule is CC(C)(Nc1cccc(C2(O)CC2)c1)c1ccccn1. The number of nitrogens with zero attached hydrogens (tertiary/aromatic N) is 1. The second kappa shape index (κ2) is 4.60. The first-order valence-corrected chi connectivity index (χ1v) is 7.02. The number of hydrogen-bond donors (Lipinski definition) is 2. The number of nitrogens with one attached hydrogen (secondary N) is 1. The third-order valence-electron chi connectivity index (χ3n) is 3.89. The highest BCUT2D eigenvalue weighted by Crippen LogP contribution is 2.45. The summed E-state index contributed by atoms with van der Waals surface area (Å²) in [6.07, 6.45) is 3.53. The molecule has 104 valence electrons. The summed E-state index contributed by atoms with van der Waals surface area (Å²) < 4.78 is 0. The van der Waals surface area contributed by atoms with Crippen LogP contribution in [0.2, 0.25) is 0 Å². The normalized spacial score (nSPS) is 16.8. The average molecular weight is 268 g/mol. The van der Waals surface area contributed by atoms with E-state index in [1.54, 1.807) is 0 Å². The molecule has 1 saturated carbocycles. The quantitative estimate of drug-likeness (QED) is 0.893. The predicted octanol–water partition coefficient (Wildman–Crippen LogP) is 3.41. The topological polar surface area (TPSA) is 45.1 Å². The van der Waals surface area contributed by atoms with Crippen molar-refractivity contribution in [3.8, 4) is 0 Å². The molecule has 3 rings (SSSR count). The van der Waals surface area contributed by atoms with Crippen molar-refractivity contribution in [1.29, 1.82) is 0 Å². The highest BCUT2D eigenvalue weighted by atomic mass is 16.3. The maximum atomic E-state index is 10.2. The van der Waals surface area contributed by atoms with E-state index in [-0.39, 0.29) is 5.54 Å². The van der Waals surface area contributed by atoms with Crippen molar-refractivity contribution in [3.05, 3.63) is 59.9 Å². The van der Waals surface area contributed by atoms with E-state index in [0.717, 1.165) is 29.8 Å². The predicted molar refractivity (Wildman–Crippen MR) is 80.5 cm³/mol. The number of hydrogen-bond acceptors (Lipinski definition) is 3. The summed E-state index contributed by atoms with van der Waals surface area (Å²) in [7, 11) is 0. The molecule has 2 N–H and O–H groups in total. The molecule has 1 heterocycles. The maximum Gasteiger partial charge on any atom is 0.0899 e. The first-order chi connectivity index (χ1) is 9.50. The smallest absolute Gasteiger partial charge is 0.0899 e. The van der Waals surface area contributed by atoms with Crippen LogP contribution in [0, 0.1) is 0 Å². The van der Waals surface area contributed by atoms with Gasteiger partial charge in [0.25, 0.3) is 0 Å². The van der Waals surface area contributed by atoms with E-state index >= 15 is 0 Å². The van der Waals surface area contributed by atoms with E-state index in [0.29, 0.717) is 0 Å². The molecular formula is C17H20N2O. The fraction of sp³-hybridized carbons (Fsp3) is 0.353. The van der Waals surface area contributed by atoms with Crippen molar-refractivity contribution in [2.75, 3.05) is 5.32 Å². The van der Waals surface area contributed by atoms with Gasteiger partial charge in [0, 0.05) is 11.9 Å². The number of pyridine rings is 1. The minimum absolute atomic E-state index is 0.258. The highest BCUT2D eigenvalue weighted by Gasteiger charge is 2.42. The molecule has 3 nitrogen and oxygen atoms in total. The number of benzene rings is 1. The van der Waals surface area contributed by atoms with Gasteiger partial charge in [-0.1, -0.05) is 18.2 Å². The Morgan fingerprint density at radius 1 is 1.15 bits per heavy atom. The van der Waals surface area contributed by atoms with Gasteiger partial charge in [0.05, 0.1) is 16.8 Å². The van der Waals surface area contributed by atoms with Crippen LogP contribution >= 0.6 is 0 Å². The third-order valence-corrected chi connectivity index (χ3v) is 3.89. The second-order valence-corrected chi connectivity index (χ2v) is 6.08. The van der Waals surface area contributed by atoms with Crippen LogP contribution < -0.4 is 5.32 Å². The van der Waals surface area contributed by atoms with Crippen molar-refractivity contribution >= 4 is 5.69 Å². The Kier molecular flexibility index (Phi) is 3.02. The Balaban J connectivity index is 1.84. The molecule has 1 fully saturated rings. The summed E-state index contributed by atoms with van der Waals surface area (Å²) >= 11 is 0. The summed E-state index contributed by atoms with van der Waals surface area (Å²) in [5.74, 6) is 0. The molecule has 2 aromatic rings. The monoisotopic (exact) mass is 268 g/mol. The molecule has 1 aliphatic rings. The van der Waals surface area contributed by atoms with Crippen LogP contribution in [0.3, 0.4) is 0 Å². The first-order valence-electron chi connectivity index (χ1n) is 7.02. The Morgan fingerprint density at radius 3 is 2.60 bits per heavy atom. The van der Waals surface area contributed by atoms with Crippen molar-refractivity contribution in [2.24, 2.45) is 0 Å². The average Bonchev–Trinajstić information content (AvgIpc) is 3.19. The van der Waals surface area contributed by atoms with Crippen LogP contribution in [0.25, 0.3) is 0 Å². The van der Waals surface area contributed by atoms with E-state index in [1.165, 1.54) is 0 Å². The summed E-state index contributed by atoms with van der Waals surface area (Å²) in [5.41, 5.74) is 2.16. The zero-order chi connectivity index (χ0) is 14.2. The molecule has 3 heteroatoms. The first kappa shape index (κ1) is 13.1. The van der Waals surface area contributed by atoms with Crippen LogP contribution in [0.15, 0.2) is 48.7 Å². The van der Waals surface area contributed by atoms with Crippen molar-refractivity contribution in [1.82, 2.24) is 4.98 Å². The number of aliphatic hydroxyl groups is 1. The summed E-state index contributed by atoms with van der Waals surface area (Å²) in [6, 6.07) is 14.0. The van der Waals surface area contributed by atoms with Gasteiger partial charge in [-0.05, 0) is 56.5 Å². The fourth-order valence-electron chi connectivity index (χ4n) is 2.45. The summed E-state index contributed by atoms with van der Waals surface area (Å²) in [5, 5.41) is 13.7. The van der Waals surface area contributed by atoms with E-state index < -0.39 is 5.60 Å². The zero-order valence-corrected chi connectivity index (χ0v) is 11.9. The molecule has 1 aliphatic carbocycles. The van der Waals surface area contributed by atoms with E-state index in [4.69, 9.17) is 0 Å². The van der Waals surface area contributed by atoms with Crippen molar-refractivity contribution in [2.45, 2.75) is 37.8 Å². The maximum absolute atomic E-state index is 10.2. The van der Waals surface area contributed by atoms with Gasteiger partial charge in [-0.15, -0.1) is 0 Å². The molecule has 0 unspecified atom stereocenters. The number of aromatic nitrogens is 1. The Bertz CT molecular complexity index is 603. The molecule has 0 bridgehead atoms. The Morgan fingerprint density at radius 2 is 1.95 bits per heavy atom. The lowest BCUT2D eigenvalue weighted by molar-refractivity contribution is 0.151. The molecule has 0 atom stereocenters. The fourth-order valence-corrected chi connectivity index (χ4v) is 2.45. The van der Waals surface area contributed by atoms with Crippen LogP contribution in [0.4, 0.5) is 5.69 Å². The molecular weight excluding hydrogens is 248 g/mol. The van der Waals surface area contributed by atoms with Crippen LogP contribution in [-0.4, -0.2) is 10.1 Å². The zero-order valence-electron chi connectivity index (χ0n) is 11.9. The van der Waals surface area contributed by atoms with Crippen LogP contribution in [-0.2, 0) is 11.1 Å². The lowest BCUT2D eigenvalue weighted by atomic mass is 9.98. The Labute approximate surface area is 119 Å². The number of rotatable bonds is 4. The third kappa shape index (κ3) is 2.54. The molecule has 0 amide bonds. The molecule has 0 spiro atoms. The highest BCUT2D eigenvalue weighted by molar-refractivity contribution is 5.50. The van der Waals surface area contributed by atoms with Gasteiger partial charge in [0.2, 0.25) is 0 Å². The Hall–Kier alpha value is -1.87. The van der Waals surface area contributed by atoms with Crippen molar-refractivity contribution in [3.63, 3.8) is 0 Å². The van der Waals surface area contributed by atoms with Gasteiger partial charge in [0.15, 0.2) is 0 Å². The van der Waals surface area contributed by atoms with Crippen LogP contribution in [0.5, 0.6) is 0 Å². The summed E-state index contributed by atoms with van der Waals surface area (Å²) in [6.45, 7) is 4.21. The van der Waals surface area contributed by atoms with Gasteiger partial charge >= 0.3 is 0 Å². The van der Waals surface area contributed by atoms with Gasteiger partial charge in [0.1, 0.15) is 0 Å². The summed E-state index contributed by atoms with van der Waals surface area (Å²) in [4.78, 5) is 4.42. The van der Waals surface area contributed by atoms with E-state index in [9.17, 15) is 5.11 Å².